The highest BCUT2D eigenvalue weighted by Gasteiger charge is 2.22. The highest BCUT2D eigenvalue weighted by atomic mass is 17.1. The van der Waals surface area contributed by atoms with E-state index >= 15 is 0 Å². The summed E-state index contributed by atoms with van der Waals surface area (Å²) in [5.74, 6) is -1.56. The number of carbonyl (C=O) groups excluding carboxylic acids is 2. The number of esters is 1. The van der Waals surface area contributed by atoms with Gasteiger partial charge >= 0.3 is 11.9 Å². The number of hydrogen-bond donors (Lipinski definition) is 1. The first-order valence-electron chi connectivity index (χ1n) is 5.30. The molecule has 92 valence electrons. The summed E-state index contributed by atoms with van der Waals surface area (Å²) in [5.41, 5.74) is 0.774. The zero-order valence-electron chi connectivity index (χ0n) is 9.73. The lowest BCUT2D eigenvalue weighted by molar-refractivity contribution is -0.182. The number of ether oxygens (including phenoxy) is 1. The second kappa shape index (κ2) is 6.00. The van der Waals surface area contributed by atoms with Gasteiger partial charge in [0.05, 0.1) is 17.7 Å². The Balaban J connectivity index is 3.28. The maximum atomic E-state index is 11.6. The summed E-state index contributed by atoms with van der Waals surface area (Å²) in [6, 6.07) is 4.80. The van der Waals surface area contributed by atoms with E-state index in [9.17, 15) is 9.59 Å². The Morgan fingerprint density at radius 3 is 2.47 bits per heavy atom. The van der Waals surface area contributed by atoms with Crippen LogP contribution in [0, 0.1) is 0 Å². The third-order valence-corrected chi connectivity index (χ3v) is 2.31. The van der Waals surface area contributed by atoms with Crippen LogP contribution in [-0.4, -0.2) is 23.8 Å². The van der Waals surface area contributed by atoms with E-state index in [1.807, 2.05) is 6.92 Å². The third-order valence-electron chi connectivity index (χ3n) is 2.31. The van der Waals surface area contributed by atoms with Crippen molar-refractivity contribution >= 4 is 11.9 Å². The van der Waals surface area contributed by atoms with Crippen LogP contribution in [0.25, 0.3) is 0 Å². The van der Waals surface area contributed by atoms with E-state index in [1.165, 1.54) is 6.07 Å². The molecular weight excluding hydrogens is 224 g/mol. The molecule has 0 amide bonds. The Morgan fingerprint density at radius 2 is 1.94 bits per heavy atom. The molecule has 0 aromatic heterocycles. The lowest BCUT2D eigenvalue weighted by Gasteiger charge is -2.10. The van der Waals surface area contributed by atoms with E-state index in [-0.39, 0.29) is 17.7 Å². The molecule has 0 aliphatic carbocycles. The van der Waals surface area contributed by atoms with Crippen molar-refractivity contribution in [1.82, 2.24) is 0 Å². The normalized spacial score (nSPS) is 9.82. The molecule has 0 fully saturated rings. The fourth-order valence-corrected chi connectivity index (χ4v) is 1.56. The molecule has 0 unspecified atom stereocenters. The molecule has 5 heteroatoms. The number of aryl methyl sites for hydroxylation is 1. The quantitative estimate of drug-likeness (QED) is 0.493. The predicted octanol–water partition coefficient (Wildman–Crippen LogP) is 2.06. The van der Waals surface area contributed by atoms with Crippen LogP contribution in [0.5, 0.6) is 0 Å². The molecule has 0 bridgehead atoms. The van der Waals surface area contributed by atoms with Gasteiger partial charge in [0.25, 0.3) is 0 Å². The van der Waals surface area contributed by atoms with Crippen molar-refractivity contribution in [3.05, 3.63) is 34.9 Å². The molecule has 1 N–H and O–H groups in total. The van der Waals surface area contributed by atoms with E-state index in [4.69, 9.17) is 9.99 Å². The molecule has 1 aromatic carbocycles. The molecule has 0 aliphatic heterocycles. The molecule has 1 aromatic rings. The van der Waals surface area contributed by atoms with Crippen molar-refractivity contribution in [3.63, 3.8) is 0 Å². The zero-order chi connectivity index (χ0) is 12.8. The first-order chi connectivity index (χ1) is 8.15. The van der Waals surface area contributed by atoms with E-state index in [1.54, 1.807) is 19.1 Å². The number of benzene rings is 1. The minimum Gasteiger partial charge on any atom is -0.462 e. The number of hydrogen-bond acceptors (Lipinski definition) is 5. The van der Waals surface area contributed by atoms with E-state index in [0.29, 0.717) is 12.0 Å². The van der Waals surface area contributed by atoms with Crippen molar-refractivity contribution in [3.8, 4) is 0 Å². The average molecular weight is 238 g/mol. The summed E-state index contributed by atoms with van der Waals surface area (Å²) in [4.78, 5) is 26.8. The Kier molecular flexibility index (Phi) is 4.66. The fraction of sp³-hybridized carbons (Fsp3) is 0.333. The van der Waals surface area contributed by atoms with Crippen molar-refractivity contribution in [2.45, 2.75) is 20.3 Å². The van der Waals surface area contributed by atoms with Crippen LogP contribution >= 0.6 is 0 Å². The van der Waals surface area contributed by atoms with Gasteiger partial charge in [-0.05, 0) is 25.0 Å². The first-order valence-corrected chi connectivity index (χ1v) is 5.30. The molecule has 0 aliphatic rings. The standard InChI is InChI=1S/C12H14O5/c1-3-8-6-5-7-9(11(13)16-4-2)10(8)12(14)17-15/h5-7,15H,3-4H2,1-2H3. The Bertz CT molecular complexity index is 425. The molecule has 5 nitrogen and oxygen atoms in total. The van der Waals surface area contributed by atoms with Crippen LogP contribution < -0.4 is 0 Å². The first kappa shape index (κ1) is 13.2. The zero-order valence-corrected chi connectivity index (χ0v) is 9.73. The molecular formula is C12H14O5. The topological polar surface area (TPSA) is 72.8 Å². The van der Waals surface area contributed by atoms with Gasteiger partial charge in [0.15, 0.2) is 0 Å². The predicted molar refractivity (Wildman–Crippen MR) is 59.8 cm³/mol. The SMILES string of the molecule is CCOC(=O)c1cccc(CC)c1C(=O)OO. The lowest BCUT2D eigenvalue weighted by atomic mass is 9.99. The average Bonchev–Trinajstić information content (AvgIpc) is 2.37. The monoisotopic (exact) mass is 238 g/mol. The van der Waals surface area contributed by atoms with Gasteiger partial charge in [-0.2, -0.15) is 5.26 Å². The second-order valence-electron chi connectivity index (χ2n) is 3.29. The van der Waals surface area contributed by atoms with E-state index in [0.717, 1.165) is 0 Å². The van der Waals surface area contributed by atoms with Gasteiger partial charge in [0.1, 0.15) is 0 Å². The number of carbonyl (C=O) groups is 2. The van der Waals surface area contributed by atoms with Crippen molar-refractivity contribution in [2.24, 2.45) is 0 Å². The van der Waals surface area contributed by atoms with Crippen LogP contribution in [0.1, 0.15) is 40.1 Å². The minimum atomic E-state index is -0.953. The number of rotatable bonds is 4. The second-order valence-corrected chi connectivity index (χ2v) is 3.29. The van der Waals surface area contributed by atoms with Gasteiger partial charge < -0.3 is 4.74 Å². The molecule has 0 spiro atoms. The summed E-state index contributed by atoms with van der Waals surface area (Å²) in [6.45, 7) is 3.72. The van der Waals surface area contributed by atoms with Crippen molar-refractivity contribution < 1.29 is 24.5 Å². The molecule has 0 heterocycles. The minimum absolute atomic E-state index is 0.0518. The lowest BCUT2D eigenvalue weighted by Crippen LogP contribution is -2.15. The fourth-order valence-electron chi connectivity index (χ4n) is 1.56. The molecule has 0 atom stereocenters. The van der Waals surface area contributed by atoms with Crippen LogP contribution in [0.15, 0.2) is 18.2 Å². The van der Waals surface area contributed by atoms with Crippen molar-refractivity contribution in [1.29, 1.82) is 0 Å². The van der Waals surface area contributed by atoms with Crippen LogP contribution in [0.3, 0.4) is 0 Å². The summed E-state index contributed by atoms with van der Waals surface area (Å²) < 4.78 is 4.83. The Hall–Kier alpha value is -1.88. The third kappa shape index (κ3) is 2.82. The summed E-state index contributed by atoms with van der Waals surface area (Å²) >= 11 is 0. The molecule has 0 saturated carbocycles. The molecule has 17 heavy (non-hydrogen) atoms. The van der Waals surface area contributed by atoms with Gasteiger partial charge in [-0.3, -0.25) is 4.89 Å². The highest BCUT2D eigenvalue weighted by Crippen LogP contribution is 2.18. The smallest absolute Gasteiger partial charge is 0.373 e. The van der Waals surface area contributed by atoms with Gasteiger partial charge in [-0.15, -0.1) is 0 Å². The Labute approximate surface area is 98.9 Å². The summed E-state index contributed by atoms with van der Waals surface area (Å²) in [6.07, 6.45) is 0.539. The molecule has 0 radical (unpaired) electrons. The van der Waals surface area contributed by atoms with Crippen LogP contribution in [0.2, 0.25) is 0 Å². The highest BCUT2D eigenvalue weighted by molar-refractivity contribution is 6.04. The van der Waals surface area contributed by atoms with Crippen molar-refractivity contribution in [2.75, 3.05) is 6.61 Å². The van der Waals surface area contributed by atoms with Gasteiger partial charge in [0.2, 0.25) is 0 Å². The van der Waals surface area contributed by atoms with Gasteiger partial charge in [-0.25, -0.2) is 9.59 Å². The van der Waals surface area contributed by atoms with Crippen LogP contribution in [-0.2, 0) is 16.0 Å². The molecule has 1 rings (SSSR count). The largest absolute Gasteiger partial charge is 0.462 e. The van der Waals surface area contributed by atoms with Crippen LogP contribution in [0.4, 0.5) is 0 Å². The summed E-state index contributed by atoms with van der Waals surface area (Å²) in [7, 11) is 0. The summed E-state index contributed by atoms with van der Waals surface area (Å²) in [5, 5.41) is 8.44. The maximum absolute atomic E-state index is 11.6. The van der Waals surface area contributed by atoms with Gasteiger partial charge in [-0.1, -0.05) is 19.1 Å². The maximum Gasteiger partial charge on any atom is 0.373 e. The molecule has 0 saturated heterocycles. The Morgan fingerprint density at radius 1 is 1.24 bits per heavy atom. The van der Waals surface area contributed by atoms with Gasteiger partial charge in [0, 0.05) is 0 Å². The van der Waals surface area contributed by atoms with E-state index in [2.05, 4.69) is 4.89 Å². The van der Waals surface area contributed by atoms with E-state index < -0.39 is 11.9 Å².